The Morgan fingerprint density at radius 3 is 1.17 bits per heavy atom. The highest BCUT2D eigenvalue weighted by Gasteiger charge is 1.65. The minimum Gasteiger partial charge on any atom is -0.198 e. The number of unbranched alkanes of at least 4 members (excludes halogenated alkanes) is 1. The molecule has 0 aromatic carbocycles. The number of nitriles is 1. The van der Waals surface area contributed by atoms with E-state index >= 15 is 0 Å². The molecule has 0 saturated heterocycles. The Bertz CT molecular complexity index is 52.5. The summed E-state index contributed by atoms with van der Waals surface area (Å²) in [4.78, 5) is 0. The third kappa shape index (κ3) is 308. The second-order valence-electron chi connectivity index (χ2n) is 1.62. The maximum absolute atomic E-state index is 7.82. The van der Waals surface area contributed by atoms with Crippen molar-refractivity contribution >= 4 is 0 Å². The van der Waals surface area contributed by atoms with Crippen molar-refractivity contribution in [3.05, 3.63) is 0 Å². The molecule has 0 N–H and O–H groups in total. The maximum Gasteiger partial charge on any atom is 0.0621 e. The fraction of sp³-hybridized carbons (Fsp3) is 0.909. The summed E-state index contributed by atoms with van der Waals surface area (Å²) in [5.74, 6) is 0. The van der Waals surface area contributed by atoms with Crippen molar-refractivity contribution in [2.45, 2.75) is 67.7 Å². The Morgan fingerprint density at radius 2 is 1.17 bits per heavy atom. The minimum atomic E-state index is 0.694. The third-order valence-electron chi connectivity index (χ3n) is 0.362. The van der Waals surface area contributed by atoms with Gasteiger partial charge in [-0.05, 0) is 6.42 Å². The number of nitrogens with zero attached hydrogens (tertiary/aromatic N) is 1. The number of hydrogen-bond acceptors (Lipinski definition) is 1. The molecule has 0 saturated carbocycles. The van der Waals surface area contributed by atoms with Gasteiger partial charge in [-0.2, -0.15) is 5.26 Å². The molecular weight excluding hydrogens is 146 g/mol. The smallest absolute Gasteiger partial charge is 0.0621 e. The molecular formula is C11H27N. The monoisotopic (exact) mass is 173 g/mol. The molecule has 0 bridgehead atoms. The summed E-state index contributed by atoms with van der Waals surface area (Å²) < 4.78 is 0. The van der Waals surface area contributed by atoms with E-state index in [2.05, 4.69) is 13.8 Å². The normalized spacial score (nSPS) is 5.17. The summed E-state index contributed by atoms with van der Waals surface area (Å²) in [6.07, 6.45) is 2.93. The first-order chi connectivity index (χ1) is 5.83. The predicted molar refractivity (Wildman–Crippen MR) is 59.2 cm³/mol. The molecule has 0 rings (SSSR count). The first-order valence-corrected chi connectivity index (χ1v) is 5.20. The van der Waals surface area contributed by atoms with Crippen molar-refractivity contribution < 1.29 is 0 Å². The summed E-state index contributed by atoms with van der Waals surface area (Å²) in [6, 6.07) is 2.02. The summed E-state index contributed by atoms with van der Waals surface area (Å²) in [7, 11) is 0. The third-order valence-corrected chi connectivity index (χ3v) is 0.362. The Kier molecular flexibility index (Phi) is 146. The van der Waals surface area contributed by atoms with Gasteiger partial charge in [-0.15, -0.1) is 0 Å². The van der Waals surface area contributed by atoms with Gasteiger partial charge in [-0.25, -0.2) is 0 Å². The SMILES string of the molecule is CC.CC.CCC.CCCC#N. The molecule has 0 radical (unpaired) electrons. The molecule has 0 heterocycles. The molecule has 0 fully saturated rings. The van der Waals surface area contributed by atoms with E-state index in [0.717, 1.165) is 6.42 Å². The van der Waals surface area contributed by atoms with E-state index in [4.69, 9.17) is 5.26 Å². The van der Waals surface area contributed by atoms with Crippen LogP contribution in [0.1, 0.15) is 67.7 Å². The lowest BCUT2D eigenvalue weighted by Crippen LogP contribution is -1.53. The van der Waals surface area contributed by atoms with E-state index in [1.807, 2.05) is 40.7 Å². The van der Waals surface area contributed by atoms with Gasteiger partial charge in [0.25, 0.3) is 0 Å². The fourth-order valence-electron chi connectivity index (χ4n) is 0.112. The molecule has 0 amide bonds. The molecule has 1 heteroatoms. The topological polar surface area (TPSA) is 23.8 Å². The van der Waals surface area contributed by atoms with Gasteiger partial charge in [0, 0.05) is 6.42 Å². The Balaban J connectivity index is -0.0000000397. The summed E-state index contributed by atoms with van der Waals surface area (Å²) in [6.45, 7) is 14.2. The van der Waals surface area contributed by atoms with Gasteiger partial charge >= 0.3 is 0 Å². The summed E-state index contributed by atoms with van der Waals surface area (Å²) in [5, 5.41) is 7.82. The van der Waals surface area contributed by atoms with Crippen LogP contribution < -0.4 is 0 Å². The van der Waals surface area contributed by atoms with Crippen molar-refractivity contribution in [3.8, 4) is 6.07 Å². The van der Waals surface area contributed by atoms with Gasteiger partial charge in [-0.1, -0.05) is 54.9 Å². The van der Waals surface area contributed by atoms with Crippen LogP contribution in [0.15, 0.2) is 0 Å². The van der Waals surface area contributed by atoms with Crippen molar-refractivity contribution in [2.75, 3.05) is 0 Å². The van der Waals surface area contributed by atoms with Crippen LogP contribution in [-0.2, 0) is 0 Å². The van der Waals surface area contributed by atoms with Crippen molar-refractivity contribution in [2.24, 2.45) is 0 Å². The average Bonchev–Trinajstić information content (AvgIpc) is 2.14. The molecule has 0 aliphatic carbocycles. The number of rotatable bonds is 1. The Morgan fingerprint density at radius 1 is 0.917 bits per heavy atom. The second kappa shape index (κ2) is 77.6. The number of hydrogen-bond donors (Lipinski definition) is 0. The van der Waals surface area contributed by atoms with Crippen LogP contribution in [0.5, 0.6) is 0 Å². The van der Waals surface area contributed by atoms with E-state index in [9.17, 15) is 0 Å². The van der Waals surface area contributed by atoms with Crippen molar-refractivity contribution in [1.29, 1.82) is 5.26 Å². The molecule has 0 aliphatic rings. The Labute approximate surface area is 79.8 Å². The molecule has 0 aromatic heterocycles. The maximum atomic E-state index is 7.82. The van der Waals surface area contributed by atoms with Gasteiger partial charge in [0.05, 0.1) is 6.07 Å². The first-order valence-electron chi connectivity index (χ1n) is 5.20. The van der Waals surface area contributed by atoms with Crippen LogP contribution in [-0.4, -0.2) is 0 Å². The lowest BCUT2D eigenvalue weighted by Gasteiger charge is -1.65. The standard InChI is InChI=1S/C4H7N.C3H8.2C2H6/c1-2-3-4-5;1-3-2;2*1-2/h2-3H2,1H3;3H2,1-2H3;2*1-2H3. The van der Waals surface area contributed by atoms with Crippen LogP contribution in [0.25, 0.3) is 0 Å². The molecule has 76 valence electrons. The molecule has 0 aromatic rings. The highest BCUT2D eigenvalue weighted by atomic mass is 14.2. The highest BCUT2D eigenvalue weighted by molar-refractivity contribution is 4.65. The summed E-state index contributed by atoms with van der Waals surface area (Å²) >= 11 is 0. The average molecular weight is 173 g/mol. The van der Waals surface area contributed by atoms with Gasteiger partial charge in [0.2, 0.25) is 0 Å². The second-order valence-corrected chi connectivity index (χ2v) is 1.62. The lowest BCUT2D eigenvalue weighted by atomic mass is 10.4. The van der Waals surface area contributed by atoms with Crippen LogP contribution >= 0.6 is 0 Å². The van der Waals surface area contributed by atoms with E-state index in [1.165, 1.54) is 6.42 Å². The molecule has 0 aliphatic heterocycles. The summed E-state index contributed by atoms with van der Waals surface area (Å²) in [5.41, 5.74) is 0. The molecule has 0 spiro atoms. The van der Waals surface area contributed by atoms with E-state index in [0.29, 0.717) is 6.42 Å². The van der Waals surface area contributed by atoms with Gasteiger partial charge in [-0.3, -0.25) is 0 Å². The van der Waals surface area contributed by atoms with Crippen LogP contribution in [0.4, 0.5) is 0 Å². The van der Waals surface area contributed by atoms with Crippen LogP contribution in [0.3, 0.4) is 0 Å². The molecule has 0 unspecified atom stereocenters. The minimum absolute atomic E-state index is 0.694. The van der Waals surface area contributed by atoms with Crippen molar-refractivity contribution in [3.63, 3.8) is 0 Å². The zero-order valence-electron chi connectivity index (χ0n) is 10.1. The quantitative estimate of drug-likeness (QED) is 0.560. The predicted octanol–water partition coefficient (Wildman–Crippen LogP) is 4.78. The molecule has 12 heavy (non-hydrogen) atoms. The highest BCUT2D eigenvalue weighted by Crippen LogP contribution is 1.77. The largest absolute Gasteiger partial charge is 0.198 e. The zero-order valence-corrected chi connectivity index (χ0v) is 10.1. The van der Waals surface area contributed by atoms with Gasteiger partial charge in [0.15, 0.2) is 0 Å². The van der Waals surface area contributed by atoms with Crippen LogP contribution in [0, 0.1) is 11.3 Å². The fourth-order valence-corrected chi connectivity index (χ4v) is 0.112. The zero-order chi connectivity index (χ0) is 10.8. The lowest BCUT2D eigenvalue weighted by molar-refractivity contribution is 0.969. The van der Waals surface area contributed by atoms with Crippen LogP contribution in [0.2, 0.25) is 0 Å². The van der Waals surface area contributed by atoms with E-state index < -0.39 is 0 Å². The van der Waals surface area contributed by atoms with Crippen molar-refractivity contribution in [1.82, 2.24) is 0 Å². The molecule has 0 atom stereocenters. The van der Waals surface area contributed by atoms with E-state index in [1.54, 1.807) is 0 Å². The van der Waals surface area contributed by atoms with Gasteiger partial charge in [0.1, 0.15) is 0 Å². The van der Waals surface area contributed by atoms with Gasteiger partial charge < -0.3 is 0 Å². The first kappa shape index (κ1) is 22.5. The molecule has 1 nitrogen and oxygen atoms in total. The Hall–Kier alpha value is -0.510. The van der Waals surface area contributed by atoms with E-state index in [-0.39, 0.29) is 0 Å².